The lowest BCUT2D eigenvalue weighted by Gasteiger charge is -2.48. The fourth-order valence-corrected chi connectivity index (χ4v) is 7.96. The molecule has 2 aliphatic rings. The molecule has 0 atom stereocenters. The van der Waals surface area contributed by atoms with Crippen LogP contribution in [0.2, 0.25) is 0 Å². The van der Waals surface area contributed by atoms with Crippen molar-refractivity contribution in [2.24, 2.45) is 0 Å². The fraction of sp³-hybridized carbons (Fsp3) is 0.524. The summed E-state index contributed by atoms with van der Waals surface area (Å²) in [6.45, 7) is 9.22. The van der Waals surface area contributed by atoms with Crippen molar-refractivity contribution in [3.05, 3.63) is 63.7 Å². The van der Waals surface area contributed by atoms with Gasteiger partial charge in [-0.2, -0.15) is 19.9 Å². The van der Waals surface area contributed by atoms with Gasteiger partial charge in [-0.25, -0.2) is 10.0 Å². The number of ether oxygens (including phenoxy) is 7. The number of methoxy groups -OCH3 is 6. The normalized spacial score (nSPS) is 15.1. The predicted octanol–water partition coefficient (Wildman–Crippen LogP) is 5.61. The molecule has 61 heavy (non-hydrogen) atoms. The average Bonchev–Trinajstić information content (AvgIpc) is 3.28. The number of aromatic nitrogens is 4. The van der Waals surface area contributed by atoms with Crippen LogP contribution in [-0.4, -0.2) is 129 Å². The van der Waals surface area contributed by atoms with Gasteiger partial charge in [-0.15, -0.1) is 0 Å². The Morgan fingerprint density at radius 2 is 1.15 bits per heavy atom. The summed E-state index contributed by atoms with van der Waals surface area (Å²) in [5, 5.41) is 19.7. The maximum Gasteiger partial charge on any atom is 0.315 e. The van der Waals surface area contributed by atoms with Gasteiger partial charge in [0.25, 0.3) is 11.9 Å². The first-order chi connectivity index (χ1) is 29.6. The third-order valence-electron chi connectivity index (χ3n) is 10.9. The Bertz CT molecular complexity index is 2040. The smallest absolute Gasteiger partial charge is 0.315 e. The molecule has 2 aromatic heterocycles. The molecule has 2 aliphatic heterocycles. The van der Waals surface area contributed by atoms with E-state index in [4.69, 9.17) is 53.1 Å². The Balaban J connectivity index is 1.33. The summed E-state index contributed by atoms with van der Waals surface area (Å²) >= 11 is 0. The van der Waals surface area contributed by atoms with Crippen molar-refractivity contribution in [1.29, 1.82) is 0 Å². The van der Waals surface area contributed by atoms with E-state index in [0.717, 1.165) is 56.0 Å². The Kier molecular flexibility index (Phi) is 15.3. The number of hydrazine groups is 1. The van der Waals surface area contributed by atoms with Gasteiger partial charge >= 0.3 is 5.69 Å². The minimum Gasteiger partial charge on any atom is -0.495 e. The molecule has 0 aliphatic carbocycles. The van der Waals surface area contributed by atoms with E-state index < -0.39 is 4.92 Å². The van der Waals surface area contributed by atoms with E-state index >= 15 is 0 Å². The first kappa shape index (κ1) is 44.5. The number of piperidine rings is 2. The van der Waals surface area contributed by atoms with Crippen LogP contribution in [0.4, 0.5) is 23.3 Å². The molecule has 4 aromatic rings. The number of nitro benzene ring substituents is 1. The molecule has 2 fully saturated rings. The van der Waals surface area contributed by atoms with Gasteiger partial charge in [-0.1, -0.05) is 6.07 Å². The lowest BCUT2D eigenvalue weighted by atomic mass is 10.0. The molecule has 19 nitrogen and oxygen atoms in total. The quantitative estimate of drug-likeness (QED) is 0.0854. The second-order valence-corrected chi connectivity index (χ2v) is 14.6. The van der Waals surface area contributed by atoms with E-state index in [1.807, 2.05) is 19.1 Å². The third kappa shape index (κ3) is 10.6. The van der Waals surface area contributed by atoms with E-state index in [1.54, 1.807) is 53.7 Å². The van der Waals surface area contributed by atoms with Crippen LogP contribution in [0.1, 0.15) is 50.7 Å². The Morgan fingerprint density at radius 3 is 1.56 bits per heavy atom. The predicted molar refractivity (Wildman–Crippen MR) is 230 cm³/mol. The second-order valence-electron chi connectivity index (χ2n) is 14.6. The van der Waals surface area contributed by atoms with Crippen LogP contribution >= 0.6 is 0 Å². The molecule has 0 amide bonds. The van der Waals surface area contributed by atoms with Crippen molar-refractivity contribution in [1.82, 2.24) is 29.7 Å². The number of rotatable bonds is 20. The van der Waals surface area contributed by atoms with Crippen LogP contribution in [0, 0.1) is 10.1 Å². The molecular formula is C42H58N10O9. The summed E-state index contributed by atoms with van der Waals surface area (Å²) in [5.74, 6) is 3.38. The van der Waals surface area contributed by atoms with Gasteiger partial charge in [0.1, 0.15) is 5.75 Å². The molecule has 19 heteroatoms. The Hall–Kier alpha value is -6.08. The number of hydrogen-bond acceptors (Lipinski definition) is 18. The molecule has 0 unspecified atom stereocenters. The third-order valence-corrected chi connectivity index (χ3v) is 10.9. The lowest BCUT2D eigenvalue weighted by molar-refractivity contribution is -0.385. The van der Waals surface area contributed by atoms with Crippen molar-refractivity contribution in [2.75, 3.05) is 97.3 Å². The molecule has 0 radical (unpaired) electrons. The van der Waals surface area contributed by atoms with Gasteiger partial charge in [0.15, 0.2) is 5.75 Å². The highest BCUT2D eigenvalue weighted by Gasteiger charge is 2.39. The largest absolute Gasteiger partial charge is 0.495 e. The second kappa shape index (κ2) is 20.9. The summed E-state index contributed by atoms with van der Waals surface area (Å²) in [7, 11) is 9.33. The van der Waals surface area contributed by atoms with Crippen LogP contribution in [0.3, 0.4) is 0 Å². The van der Waals surface area contributed by atoms with Gasteiger partial charge in [-0.3, -0.25) is 19.9 Å². The van der Waals surface area contributed by atoms with Gasteiger partial charge in [0, 0.05) is 51.9 Å². The zero-order chi connectivity index (χ0) is 43.5. The van der Waals surface area contributed by atoms with E-state index in [1.165, 1.54) is 12.7 Å². The molecule has 0 saturated carbocycles. The molecule has 4 heterocycles. The average molecular weight is 847 g/mol. The van der Waals surface area contributed by atoms with Crippen molar-refractivity contribution in [3.63, 3.8) is 0 Å². The van der Waals surface area contributed by atoms with E-state index in [2.05, 4.69) is 44.2 Å². The van der Waals surface area contributed by atoms with E-state index in [0.29, 0.717) is 80.2 Å². The summed E-state index contributed by atoms with van der Waals surface area (Å²) in [6, 6.07) is 12.7. The topological polar surface area (TPSA) is 184 Å². The standard InChI is InChI=1S/C42H58N10O9/c1-9-43-32-21-28(11-12-34(32)55-3)26-48-17-13-30(14-18-48)50(41-44-36(56-4)24-37(45-41)57-5)51(42-46-38(58-6)25-39(47-42)59-7)31-15-19-49(20-16-31)27-29-22-33(52(53)54)40(60-8)35(23-29)61-10-2/h11-12,21-25,30-31,43H,9-10,13-20,26-27H2,1-8H3. The molecule has 1 N–H and O–H groups in total. The molecule has 2 saturated heterocycles. The summed E-state index contributed by atoms with van der Waals surface area (Å²) in [6.07, 6.45) is 2.91. The van der Waals surface area contributed by atoms with Gasteiger partial charge in [0.05, 0.1) is 84.1 Å². The van der Waals surface area contributed by atoms with Crippen LogP contribution in [0.25, 0.3) is 0 Å². The number of nitrogens with zero attached hydrogens (tertiary/aromatic N) is 9. The molecule has 2 aromatic carbocycles. The van der Waals surface area contributed by atoms with E-state index in [-0.39, 0.29) is 23.5 Å². The van der Waals surface area contributed by atoms with Gasteiger partial charge < -0.3 is 38.5 Å². The van der Waals surface area contributed by atoms with E-state index in [9.17, 15) is 10.1 Å². The van der Waals surface area contributed by atoms with Crippen molar-refractivity contribution in [3.8, 4) is 40.8 Å². The molecule has 6 rings (SSSR count). The van der Waals surface area contributed by atoms with Crippen LogP contribution in [0.15, 0.2) is 42.5 Å². The highest BCUT2D eigenvalue weighted by atomic mass is 16.6. The maximum atomic E-state index is 12.1. The van der Waals surface area contributed by atoms with Crippen LogP contribution in [0.5, 0.6) is 40.8 Å². The summed E-state index contributed by atoms with van der Waals surface area (Å²) in [5.41, 5.74) is 2.79. The number of likely N-dealkylation sites (tertiary alicyclic amines) is 2. The Labute approximate surface area is 357 Å². The first-order valence-corrected chi connectivity index (χ1v) is 20.5. The van der Waals surface area contributed by atoms with Crippen molar-refractivity contribution in [2.45, 2.75) is 64.7 Å². The SMILES string of the molecule is CCNc1cc(CN2CCC(N(c3nc(OC)cc(OC)n3)N(c3nc(OC)cc(OC)n3)C3CCN(Cc4cc(OCC)c(OC)c([N+](=O)[O-])c4)CC3)CC2)ccc1OC. The summed E-state index contributed by atoms with van der Waals surface area (Å²) < 4.78 is 39.4. The van der Waals surface area contributed by atoms with Crippen LogP contribution in [-0.2, 0) is 13.1 Å². The highest BCUT2D eigenvalue weighted by Crippen LogP contribution is 2.40. The molecule has 0 bridgehead atoms. The number of nitro groups is 1. The molecule has 0 spiro atoms. The fourth-order valence-electron chi connectivity index (χ4n) is 7.96. The number of hydrogen-bond donors (Lipinski definition) is 1. The monoisotopic (exact) mass is 846 g/mol. The highest BCUT2D eigenvalue weighted by molar-refractivity contribution is 5.59. The minimum absolute atomic E-state index is 0.0862. The zero-order valence-electron chi connectivity index (χ0n) is 36.4. The Morgan fingerprint density at radius 1 is 0.656 bits per heavy atom. The molecular weight excluding hydrogens is 789 g/mol. The van der Waals surface area contributed by atoms with Crippen LogP contribution < -0.4 is 48.5 Å². The zero-order valence-corrected chi connectivity index (χ0v) is 36.4. The van der Waals surface area contributed by atoms with Gasteiger partial charge in [0.2, 0.25) is 29.3 Å². The lowest BCUT2D eigenvalue weighted by Crippen LogP contribution is -2.59. The number of anilines is 3. The van der Waals surface area contributed by atoms with Crippen molar-refractivity contribution < 1.29 is 38.1 Å². The van der Waals surface area contributed by atoms with Crippen molar-refractivity contribution >= 4 is 23.3 Å². The molecule has 330 valence electrons. The number of nitrogens with one attached hydrogen (secondary N) is 1. The number of benzene rings is 2. The summed E-state index contributed by atoms with van der Waals surface area (Å²) in [4.78, 5) is 35.9. The van der Waals surface area contributed by atoms with Gasteiger partial charge in [-0.05, 0) is 68.9 Å². The maximum absolute atomic E-state index is 12.1. The minimum atomic E-state index is -0.439. The first-order valence-electron chi connectivity index (χ1n) is 20.5.